The molecule has 21 heavy (non-hydrogen) atoms. The van der Waals surface area contributed by atoms with E-state index in [0.29, 0.717) is 17.9 Å². The van der Waals surface area contributed by atoms with Gasteiger partial charge >= 0.3 is 0 Å². The first-order chi connectivity index (χ1) is 10.0. The lowest BCUT2D eigenvalue weighted by Crippen LogP contribution is -2.02. The third-order valence-electron chi connectivity index (χ3n) is 3.25. The van der Waals surface area contributed by atoms with Crippen molar-refractivity contribution in [2.45, 2.75) is 20.1 Å². The Kier molecular flexibility index (Phi) is 4.93. The van der Waals surface area contributed by atoms with Gasteiger partial charge in [-0.2, -0.15) is 0 Å². The summed E-state index contributed by atoms with van der Waals surface area (Å²) in [6, 6.07) is 10.5. The lowest BCUT2D eigenvalue weighted by atomic mass is 10.1. The Morgan fingerprint density at radius 3 is 2.71 bits per heavy atom. The third-order valence-corrected chi connectivity index (χ3v) is 4.02. The molecular weight excluding hydrogens is 336 g/mol. The maximum absolute atomic E-state index is 10.9. The first-order valence-corrected chi connectivity index (χ1v) is 7.16. The van der Waals surface area contributed by atoms with Crippen molar-refractivity contribution in [2.24, 2.45) is 5.73 Å². The molecule has 0 atom stereocenters. The topological polar surface area (TPSA) is 78.4 Å². The number of nitro groups is 1. The van der Waals surface area contributed by atoms with Gasteiger partial charge in [0.15, 0.2) is 0 Å². The van der Waals surface area contributed by atoms with Crippen LogP contribution in [0.1, 0.15) is 16.7 Å². The molecule has 0 aliphatic rings. The van der Waals surface area contributed by atoms with Crippen LogP contribution < -0.4 is 10.5 Å². The fourth-order valence-corrected chi connectivity index (χ4v) is 2.39. The minimum atomic E-state index is -0.384. The van der Waals surface area contributed by atoms with Gasteiger partial charge in [-0.25, -0.2) is 0 Å². The van der Waals surface area contributed by atoms with E-state index in [1.807, 2.05) is 24.3 Å². The van der Waals surface area contributed by atoms with Crippen LogP contribution in [0.5, 0.6) is 5.75 Å². The summed E-state index contributed by atoms with van der Waals surface area (Å²) in [6.45, 7) is 2.41. The van der Waals surface area contributed by atoms with E-state index in [2.05, 4.69) is 15.9 Å². The second kappa shape index (κ2) is 6.69. The Morgan fingerprint density at radius 2 is 2.05 bits per heavy atom. The van der Waals surface area contributed by atoms with Crippen LogP contribution in [0.4, 0.5) is 5.69 Å². The van der Waals surface area contributed by atoms with Crippen LogP contribution in [-0.4, -0.2) is 4.92 Å². The van der Waals surface area contributed by atoms with Gasteiger partial charge < -0.3 is 10.5 Å². The summed E-state index contributed by atoms with van der Waals surface area (Å²) in [5.74, 6) is 0.685. The van der Waals surface area contributed by atoms with Crippen molar-refractivity contribution < 1.29 is 9.66 Å². The highest BCUT2D eigenvalue weighted by Gasteiger charge is 2.13. The molecular formula is C15H15BrN2O3. The maximum Gasteiger partial charge on any atom is 0.272 e. The molecule has 6 heteroatoms. The summed E-state index contributed by atoms with van der Waals surface area (Å²) in [7, 11) is 0. The highest BCUT2D eigenvalue weighted by molar-refractivity contribution is 9.10. The largest absolute Gasteiger partial charge is 0.489 e. The van der Waals surface area contributed by atoms with Crippen molar-refractivity contribution in [3.05, 3.63) is 67.7 Å². The molecule has 0 saturated carbocycles. The van der Waals surface area contributed by atoms with Gasteiger partial charge in [-0.1, -0.05) is 28.1 Å². The van der Waals surface area contributed by atoms with E-state index in [4.69, 9.17) is 10.5 Å². The predicted octanol–water partition coefficient (Wildman–Crippen LogP) is 3.70. The summed E-state index contributed by atoms with van der Waals surface area (Å²) in [5.41, 5.74) is 8.11. The van der Waals surface area contributed by atoms with Crippen molar-refractivity contribution in [1.29, 1.82) is 0 Å². The molecule has 2 rings (SSSR count). The maximum atomic E-state index is 10.9. The summed E-state index contributed by atoms with van der Waals surface area (Å²) in [4.78, 5) is 10.5. The van der Waals surface area contributed by atoms with Crippen LogP contribution in [0.15, 0.2) is 40.9 Å². The number of benzene rings is 2. The van der Waals surface area contributed by atoms with Gasteiger partial charge in [0.2, 0.25) is 0 Å². The molecule has 0 amide bonds. The van der Waals surface area contributed by atoms with E-state index in [-0.39, 0.29) is 17.2 Å². The van der Waals surface area contributed by atoms with Gasteiger partial charge in [-0.3, -0.25) is 10.1 Å². The minimum Gasteiger partial charge on any atom is -0.489 e. The molecule has 0 bridgehead atoms. The Labute approximate surface area is 131 Å². The number of hydrogen-bond donors (Lipinski definition) is 1. The van der Waals surface area contributed by atoms with Gasteiger partial charge in [0.05, 0.1) is 4.92 Å². The van der Waals surface area contributed by atoms with Crippen LogP contribution in [0, 0.1) is 17.0 Å². The van der Waals surface area contributed by atoms with Crippen molar-refractivity contribution in [3.63, 3.8) is 0 Å². The molecule has 5 nitrogen and oxygen atoms in total. The van der Waals surface area contributed by atoms with Gasteiger partial charge in [-0.15, -0.1) is 0 Å². The number of nitrogens with zero attached hydrogens (tertiary/aromatic N) is 1. The number of nitrogens with two attached hydrogens (primary N) is 1. The molecule has 0 fully saturated rings. The molecule has 2 aromatic carbocycles. The Balaban J connectivity index is 2.17. The predicted molar refractivity (Wildman–Crippen MR) is 84.2 cm³/mol. The van der Waals surface area contributed by atoms with Crippen LogP contribution in [0.3, 0.4) is 0 Å². The number of rotatable bonds is 5. The molecule has 0 heterocycles. The van der Waals surface area contributed by atoms with Crippen molar-refractivity contribution in [2.75, 3.05) is 0 Å². The van der Waals surface area contributed by atoms with Gasteiger partial charge in [-0.05, 0) is 36.2 Å². The molecule has 2 N–H and O–H groups in total. The fraction of sp³-hybridized carbons (Fsp3) is 0.200. The highest BCUT2D eigenvalue weighted by Crippen LogP contribution is 2.25. The second-order valence-electron chi connectivity index (χ2n) is 4.56. The molecule has 110 valence electrons. The molecule has 0 saturated heterocycles. The second-order valence-corrected chi connectivity index (χ2v) is 5.42. The molecule has 0 unspecified atom stereocenters. The monoisotopic (exact) mass is 350 g/mol. The smallest absolute Gasteiger partial charge is 0.272 e. The Morgan fingerprint density at radius 1 is 1.29 bits per heavy atom. The first-order valence-electron chi connectivity index (χ1n) is 6.37. The number of hydrogen-bond acceptors (Lipinski definition) is 4. The van der Waals surface area contributed by atoms with E-state index >= 15 is 0 Å². The van der Waals surface area contributed by atoms with E-state index in [1.54, 1.807) is 13.0 Å². The summed E-state index contributed by atoms with van der Waals surface area (Å²) in [6.07, 6.45) is 0. The average Bonchev–Trinajstić information content (AvgIpc) is 2.47. The quantitative estimate of drug-likeness (QED) is 0.658. The standard InChI is InChI=1S/C15H15BrN2O3/c1-10-11(3-2-4-15(10)18(19)20)9-21-13-5-6-14(16)12(7-13)8-17/h2-7H,8-9,17H2,1H3. The molecule has 0 spiro atoms. The zero-order valence-corrected chi connectivity index (χ0v) is 13.1. The van der Waals surface area contributed by atoms with Crippen LogP contribution in [-0.2, 0) is 13.2 Å². The zero-order valence-electron chi connectivity index (χ0n) is 11.5. The number of nitro benzene ring substituents is 1. The van der Waals surface area contributed by atoms with Crippen LogP contribution in [0.2, 0.25) is 0 Å². The van der Waals surface area contributed by atoms with Crippen LogP contribution in [0.25, 0.3) is 0 Å². The van der Waals surface area contributed by atoms with Crippen molar-refractivity contribution in [1.82, 2.24) is 0 Å². The van der Waals surface area contributed by atoms with E-state index < -0.39 is 0 Å². The van der Waals surface area contributed by atoms with E-state index in [9.17, 15) is 10.1 Å². The molecule has 0 aliphatic carbocycles. The number of halogens is 1. The Hall–Kier alpha value is -1.92. The molecule has 2 aromatic rings. The molecule has 0 radical (unpaired) electrons. The SMILES string of the molecule is Cc1c(COc2ccc(Br)c(CN)c2)cccc1[N+](=O)[O-]. The summed E-state index contributed by atoms with van der Waals surface area (Å²) in [5, 5.41) is 10.9. The van der Waals surface area contributed by atoms with Crippen molar-refractivity contribution in [3.8, 4) is 5.75 Å². The van der Waals surface area contributed by atoms with E-state index in [1.165, 1.54) is 6.07 Å². The van der Waals surface area contributed by atoms with Gasteiger partial charge in [0.1, 0.15) is 12.4 Å². The van der Waals surface area contributed by atoms with E-state index in [0.717, 1.165) is 15.6 Å². The molecule has 0 aliphatic heterocycles. The summed E-state index contributed by atoms with van der Waals surface area (Å²) >= 11 is 3.41. The van der Waals surface area contributed by atoms with Crippen molar-refractivity contribution >= 4 is 21.6 Å². The van der Waals surface area contributed by atoms with Gasteiger partial charge in [0, 0.05) is 22.6 Å². The zero-order chi connectivity index (χ0) is 15.4. The summed E-state index contributed by atoms with van der Waals surface area (Å²) < 4.78 is 6.64. The minimum absolute atomic E-state index is 0.106. The Bertz CT molecular complexity index is 674. The average molecular weight is 351 g/mol. The lowest BCUT2D eigenvalue weighted by Gasteiger charge is -2.10. The lowest BCUT2D eigenvalue weighted by molar-refractivity contribution is -0.385. The normalized spacial score (nSPS) is 10.4. The fourth-order valence-electron chi connectivity index (χ4n) is 1.98. The third kappa shape index (κ3) is 3.59. The van der Waals surface area contributed by atoms with Crippen LogP contribution >= 0.6 is 15.9 Å². The number of ether oxygens (including phenoxy) is 1. The molecule has 0 aromatic heterocycles. The van der Waals surface area contributed by atoms with Gasteiger partial charge in [0.25, 0.3) is 5.69 Å². The first kappa shape index (κ1) is 15.5. The highest BCUT2D eigenvalue weighted by atomic mass is 79.9.